The summed E-state index contributed by atoms with van der Waals surface area (Å²) in [6, 6.07) is 8.63. The molecule has 2 rings (SSSR count). The summed E-state index contributed by atoms with van der Waals surface area (Å²) >= 11 is 6.20. The Morgan fingerprint density at radius 2 is 2.04 bits per heavy atom. The first-order chi connectivity index (χ1) is 11.1. The summed E-state index contributed by atoms with van der Waals surface area (Å²) in [7, 11) is 0. The highest BCUT2D eigenvalue weighted by Gasteiger charge is 2.18. The maximum atomic E-state index is 12.4. The van der Waals surface area contributed by atoms with Crippen LogP contribution in [-0.2, 0) is 11.3 Å². The summed E-state index contributed by atoms with van der Waals surface area (Å²) in [6.45, 7) is 4.37. The highest BCUT2D eigenvalue weighted by Crippen LogP contribution is 2.25. The van der Waals surface area contributed by atoms with Crippen molar-refractivity contribution < 1.29 is 9.53 Å². The summed E-state index contributed by atoms with van der Waals surface area (Å²) in [5.74, 6) is -0.640. The van der Waals surface area contributed by atoms with Gasteiger partial charge in [0.2, 0.25) is 0 Å². The molecule has 0 saturated carbocycles. The number of nitrogens with zero attached hydrogens (tertiary/aromatic N) is 2. The van der Waals surface area contributed by atoms with Gasteiger partial charge in [0.25, 0.3) is 5.56 Å². The van der Waals surface area contributed by atoms with Crippen LogP contribution < -0.4 is 5.56 Å². The van der Waals surface area contributed by atoms with Crippen molar-refractivity contribution in [2.24, 2.45) is 0 Å². The zero-order valence-electron chi connectivity index (χ0n) is 13.2. The summed E-state index contributed by atoms with van der Waals surface area (Å²) in [5.41, 5.74) is 0.694. The zero-order valence-corrected chi connectivity index (χ0v) is 14.0. The Hall–Kier alpha value is -2.14. The van der Waals surface area contributed by atoms with Crippen molar-refractivity contribution in [1.29, 1.82) is 0 Å². The fraction of sp³-hybridized carbons (Fsp3) is 0.353. The van der Waals surface area contributed by atoms with E-state index in [0.717, 1.165) is 12.8 Å². The zero-order chi connectivity index (χ0) is 16.8. The summed E-state index contributed by atoms with van der Waals surface area (Å²) in [6.07, 6.45) is 1.71. The third kappa shape index (κ3) is 3.99. The minimum absolute atomic E-state index is 0.0205. The molecule has 0 aliphatic heterocycles. The van der Waals surface area contributed by atoms with Crippen molar-refractivity contribution >= 4 is 17.6 Å². The molecule has 0 unspecified atom stereocenters. The second-order valence-electron chi connectivity index (χ2n) is 5.03. The van der Waals surface area contributed by atoms with Gasteiger partial charge in [-0.15, -0.1) is 0 Å². The van der Waals surface area contributed by atoms with Crippen LogP contribution in [0.2, 0.25) is 5.02 Å². The summed E-state index contributed by atoms with van der Waals surface area (Å²) in [4.78, 5) is 24.5. The van der Waals surface area contributed by atoms with Crippen LogP contribution in [0.3, 0.4) is 0 Å². The molecule has 0 saturated heterocycles. The van der Waals surface area contributed by atoms with Crippen molar-refractivity contribution in [3.63, 3.8) is 0 Å². The summed E-state index contributed by atoms with van der Waals surface area (Å²) in [5, 5.41) is 4.87. The lowest BCUT2D eigenvalue weighted by atomic mass is 10.1. The Morgan fingerprint density at radius 3 is 2.70 bits per heavy atom. The Kier molecular flexibility index (Phi) is 5.93. The lowest BCUT2D eigenvalue weighted by Crippen LogP contribution is -2.30. The van der Waals surface area contributed by atoms with Crippen molar-refractivity contribution in [3.8, 4) is 11.3 Å². The average molecular weight is 335 g/mol. The number of unbranched alkanes of at least 4 members (excludes halogenated alkanes) is 1. The average Bonchev–Trinajstić information content (AvgIpc) is 2.54. The standard InChI is InChI=1S/C17H19ClN2O3/c1-3-5-10-20-16(21)13(17(22)23-4-2)11-15(19-20)12-8-6-7-9-14(12)18/h6-9,11H,3-5,10H2,1-2H3. The van der Waals surface area contributed by atoms with E-state index in [-0.39, 0.29) is 12.2 Å². The third-order valence-electron chi connectivity index (χ3n) is 3.34. The van der Waals surface area contributed by atoms with Gasteiger partial charge >= 0.3 is 5.97 Å². The molecule has 122 valence electrons. The lowest BCUT2D eigenvalue weighted by molar-refractivity contribution is 0.0523. The number of hydrogen-bond acceptors (Lipinski definition) is 4. The Morgan fingerprint density at radius 1 is 1.30 bits per heavy atom. The molecule has 2 aromatic rings. The maximum absolute atomic E-state index is 12.4. The van der Waals surface area contributed by atoms with Gasteiger partial charge in [-0.3, -0.25) is 4.79 Å². The normalized spacial score (nSPS) is 10.6. The molecule has 0 aliphatic rings. The van der Waals surface area contributed by atoms with Gasteiger partial charge in [-0.05, 0) is 25.5 Å². The number of halogens is 1. The molecule has 23 heavy (non-hydrogen) atoms. The Labute approximate surface area is 139 Å². The van der Waals surface area contributed by atoms with Gasteiger partial charge in [-0.25, -0.2) is 9.48 Å². The molecule has 0 aliphatic carbocycles. The molecule has 0 spiro atoms. The first kappa shape index (κ1) is 17.2. The monoisotopic (exact) mass is 334 g/mol. The number of ether oxygens (including phenoxy) is 1. The number of aryl methyl sites for hydroxylation is 1. The highest BCUT2D eigenvalue weighted by molar-refractivity contribution is 6.33. The minimum Gasteiger partial charge on any atom is -0.462 e. The number of benzene rings is 1. The first-order valence-corrected chi connectivity index (χ1v) is 8.00. The topological polar surface area (TPSA) is 61.2 Å². The number of carbonyl (C=O) groups excluding carboxylic acids is 1. The van der Waals surface area contributed by atoms with Crippen molar-refractivity contribution in [1.82, 2.24) is 9.78 Å². The van der Waals surface area contributed by atoms with Gasteiger partial charge in [0.05, 0.1) is 17.3 Å². The van der Waals surface area contributed by atoms with E-state index < -0.39 is 11.5 Å². The van der Waals surface area contributed by atoms with Gasteiger partial charge in [0.15, 0.2) is 0 Å². The second-order valence-corrected chi connectivity index (χ2v) is 5.43. The van der Waals surface area contributed by atoms with E-state index in [1.807, 2.05) is 19.1 Å². The fourth-order valence-electron chi connectivity index (χ4n) is 2.16. The molecule has 0 atom stereocenters. The molecule has 1 aromatic carbocycles. The van der Waals surface area contributed by atoms with E-state index in [2.05, 4.69) is 5.10 Å². The number of rotatable bonds is 6. The van der Waals surface area contributed by atoms with Gasteiger partial charge in [0, 0.05) is 12.1 Å². The Bertz CT molecular complexity index is 756. The fourth-order valence-corrected chi connectivity index (χ4v) is 2.39. The van der Waals surface area contributed by atoms with Gasteiger partial charge < -0.3 is 4.74 Å². The third-order valence-corrected chi connectivity index (χ3v) is 3.67. The molecule has 0 N–H and O–H groups in total. The van der Waals surface area contributed by atoms with Crippen LogP contribution >= 0.6 is 11.6 Å². The summed E-state index contributed by atoms with van der Waals surface area (Å²) < 4.78 is 6.29. The van der Waals surface area contributed by atoms with E-state index >= 15 is 0 Å². The predicted octanol–water partition coefficient (Wildman–Crippen LogP) is 3.54. The smallest absolute Gasteiger partial charge is 0.343 e. The molecular formula is C17H19ClN2O3. The molecule has 5 nitrogen and oxygen atoms in total. The van der Waals surface area contributed by atoms with Crippen LogP contribution in [0.15, 0.2) is 35.1 Å². The lowest BCUT2D eigenvalue weighted by Gasteiger charge is -2.11. The molecule has 0 bridgehead atoms. The second kappa shape index (κ2) is 7.92. The molecule has 6 heteroatoms. The van der Waals surface area contributed by atoms with Gasteiger partial charge in [0.1, 0.15) is 5.56 Å². The molecule has 0 radical (unpaired) electrons. The van der Waals surface area contributed by atoms with Crippen LogP contribution in [0.1, 0.15) is 37.0 Å². The first-order valence-electron chi connectivity index (χ1n) is 7.62. The quantitative estimate of drug-likeness (QED) is 0.758. The molecule has 1 heterocycles. The number of esters is 1. The van der Waals surface area contributed by atoms with E-state index in [4.69, 9.17) is 16.3 Å². The highest BCUT2D eigenvalue weighted by atomic mass is 35.5. The van der Waals surface area contributed by atoms with Gasteiger partial charge in [-0.1, -0.05) is 43.1 Å². The van der Waals surface area contributed by atoms with Crippen LogP contribution in [0.25, 0.3) is 11.3 Å². The van der Waals surface area contributed by atoms with Crippen molar-refractivity contribution in [2.45, 2.75) is 33.2 Å². The maximum Gasteiger partial charge on any atom is 0.343 e. The SMILES string of the molecule is CCCCn1nc(-c2ccccc2Cl)cc(C(=O)OCC)c1=O. The number of aromatic nitrogens is 2. The van der Waals surface area contributed by atoms with Crippen LogP contribution in [0.5, 0.6) is 0 Å². The van der Waals surface area contributed by atoms with E-state index in [0.29, 0.717) is 22.8 Å². The van der Waals surface area contributed by atoms with Crippen LogP contribution in [0.4, 0.5) is 0 Å². The molecule has 0 amide bonds. The van der Waals surface area contributed by atoms with E-state index in [1.54, 1.807) is 19.1 Å². The molecular weight excluding hydrogens is 316 g/mol. The van der Waals surface area contributed by atoms with Crippen LogP contribution in [0, 0.1) is 0 Å². The van der Waals surface area contributed by atoms with Crippen molar-refractivity contribution in [2.75, 3.05) is 6.61 Å². The Balaban J connectivity index is 2.59. The van der Waals surface area contributed by atoms with Crippen LogP contribution in [-0.4, -0.2) is 22.4 Å². The molecule has 0 fully saturated rings. The number of carbonyl (C=O) groups is 1. The van der Waals surface area contributed by atoms with E-state index in [9.17, 15) is 9.59 Å². The minimum atomic E-state index is -0.640. The largest absolute Gasteiger partial charge is 0.462 e. The van der Waals surface area contributed by atoms with Gasteiger partial charge in [-0.2, -0.15) is 5.10 Å². The molecule has 1 aromatic heterocycles. The van der Waals surface area contributed by atoms with E-state index in [1.165, 1.54) is 10.7 Å². The predicted molar refractivity (Wildman–Crippen MR) is 89.8 cm³/mol. The number of hydrogen-bond donors (Lipinski definition) is 0. The van der Waals surface area contributed by atoms with Crippen molar-refractivity contribution in [3.05, 3.63) is 51.3 Å².